The molecule has 8 nitrogen and oxygen atoms in total. The Bertz CT molecular complexity index is 917. The van der Waals surface area contributed by atoms with Gasteiger partial charge in [0.2, 0.25) is 0 Å². The molecule has 150 valence electrons. The minimum Gasteiger partial charge on any atom is -0.467 e. The molecule has 3 heterocycles. The smallest absolute Gasteiger partial charge is 0.272 e. The number of hydrogen-bond donors (Lipinski definition) is 2. The van der Waals surface area contributed by atoms with E-state index in [-0.39, 0.29) is 11.6 Å². The second-order valence-corrected chi connectivity index (χ2v) is 7.03. The summed E-state index contributed by atoms with van der Waals surface area (Å²) >= 11 is 0. The van der Waals surface area contributed by atoms with Crippen LogP contribution in [0.3, 0.4) is 0 Å². The maximum absolute atomic E-state index is 12.1. The Morgan fingerprint density at radius 1 is 1.03 bits per heavy atom. The van der Waals surface area contributed by atoms with Gasteiger partial charge in [-0.2, -0.15) is 0 Å². The van der Waals surface area contributed by atoms with E-state index in [4.69, 9.17) is 4.42 Å². The number of nitrogens with zero attached hydrogens (tertiary/aromatic N) is 4. The first-order chi connectivity index (χ1) is 14.2. The predicted octanol–water partition coefficient (Wildman–Crippen LogP) is 2.50. The zero-order chi connectivity index (χ0) is 20.1. The number of likely N-dealkylation sites (N-methyl/N-ethyl adjacent to an activating group) is 1. The molecule has 1 saturated heterocycles. The van der Waals surface area contributed by atoms with Crippen molar-refractivity contribution < 1.29 is 9.21 Å². The zero-order valence-corrected chi connectivity index (χ0v) is 16.3. The number of rotatable bonds is 6. The lowest BCUT2D eigenvalue weighted by Gasteiger charge is -2.34. The third-order valence-corrected chi connectivity index (χ3v) is 4.91. The summed E-state index contributed by atoms with van der Waals surface area (Å²) in [7, 11) is 2.15. The monoisotopic (exact) mass is 392 g/mol. The molecule has 0 radical (unpaired) electrons. The van der Waals surface area contributed by atoms with Crippen molar-refractivity contribution in [2.75, 3.05) is 43.4 Å². The minimum absolute atomic E-state index is 0.257. The molecule has 1 fully saturated rings. The van der Waals surface area contributed by atoms with Crippen LogP contribution in [0, 0.1) is 0 Å². The summed E-state index contributed by atoms with van der Waals surface area (Å²) in [4.78, 5) is 16.9. The molecule has 0 unspecified atom stereocenters. The number of aromatic nitrogens is 2. The van der Waals surface area contributed by atoms with Crippen molar-refractivity contribution >= 4 is 23.1 Å². The number of furan rings is 1. The molecular formula is C21H24N6O2. The Kier molecular flexibility index (Phi) is 5.71. The molecule has 0 saturated carbocycles. The largest absolute Gasteiger partial charge is 0.467 e. The van der Waals surface area contributed by atoms with Crippen LogP contribution in [-0.4, -0.2) is 54.2 Å². The Morgan fingerprint density at radius 2 is 1.83 bits per heavy atom. The van der Waals surface area contributed by atoms with E-state index in [1.165, 1.54) is 5.69 Å². The summed E-state index contributed by atoms with van der Waals surface area (Å²) in [5.74, 6) is 0.974. The highest BCUT2D eigenvalue weighted by Gasteiger charge is 2.14. The van der Waals surface area contributed by atoms with E-state index in [2.05, 4.69) is 49.8 Å². The van der Waals surface area contributed by atoms with E-state index in [9.17, 15) is 4.79 Å². The van der Waals surface area contributed by atoms with E-state index >= 15 is 0 Å². The molecule has 0 bridgehead atoms. The summed E-state index contributed by atoms with van der Waals surface area (Å²) in [6.07, 6.45) is 1.57. The van der Waals surface area contributed by atoms with Gasteiger partial charge in [0.05, 0.1) is 12.8 Å². The Morgan fingerprint density at radius 3 is 2.48 bits per heavy atom. The average Bonchev–Trinajstić information content (AvgIpc) is 3.27. The minimum atomic E-state index is -0.294. The van der Waals surface area contributed by atoms with Crippen molar-refractivity contribution in [3.8, 4) is 0 Å². The van der Waals surface area contributed by atoms with E-state index in [1.54, 1.807) is 30.5 Å². The quantitative estimate of drug-likeness (QED) is 0.666. The lowest BCUT2D eigenvalue weighted by Crippen LogP contribution is -2.44. The van der Waals surface area contributed by atoms with Gasteiger partial charge >= 0.3 is 0 Å². The Balaban J connectivity index is 1.32. The number of amides is 1. The molecular weight excluding hydrogens is 368 g/mol. The Hall–Kier alpha value is -3.39. The average molecular weight is 392 g/mol. The molecule has 1 amide bonds. The first-order valence-corrected chi connectivity index (χ1v) is 9.62. The second kappa shape index (κ2) is 8.74. The topological polar surface area (TPSA) is 86.5 Å². The van der Waals surface area contributed by atoms with Crippen molar-refractivity contribution in [1.82, 2.24) is 20.4 Å². The van der Waals surface area contributed by atoms with Crippen LogP contribution in [0.1, 0.15) is 16.2 Å². The standard InChI is InChI=1S/C21H24N6O2/c1-26-10-12-27(13-11-26)17-6-4-16(5-7-17)23-20-9-8-19(24-25-20)21(28)22-15-18-3-2-14-29-18/h2-9,14H,10-13,15H2,1H3,(H,22,28)(H,23,25). The normalized spacial score (nSPS) is 14.6. The first-order valence-electron chi connectivity index (χ1n) is 9.62. The van der Waals surface area contributed by atoms with Crippen LogP contribution in [0.4, 0.5) is 17.2 Å². The second-order valence-electron chi connectivity index (χ2n) is 7.03. The van der Waals surface area contributed by atoms with Crippen LogP contribution in [0.5, 0.6) is 0 Å². The van der Waals surface area contributed by atoms with E-state index in [0.717, 1.165) is 31.9 Å². The SMILES string of the molecule is CN1CCN(c2ccc(Nc3ccc(C(=O)NCc4ccco4)nn3)cc2)CC1. The predicted molar refractivity (Wildman–Crippen MR) is 111 cm³/mol. The molecule has 2 N–H and O–H groups in total. The van der Waals surface area contributed by atoms with Crippen LogP contribution in [-0.2, 0) is 6.54 Å². The third kappa shape index (κ3) is 4.91. The lowest BCUT2D eigenvalue weighted by atomic mass is 10.2. The van der Waals surface area contributed by atoms with Gasteiger partial charge in [0, 0.05) is 37.6 Å². The van der Waals surface area contributed by atoms with Crippen LogP contribution in [0.15, 0.2) is 59.2 Å². The fourth-order valence-corrected chi connectivity index (χ4v) is 3.16. The van der Waals surface area contributed by atoms with Crippen molar-refractivity contribution in [2.45, 2.75) is 6.54 Å². The van der Waals surface area contributed by atoms with Gasteiger partial charge in [0.1, 0.15) is 5.76 Å². The fraction of sp³-hybridized carbons (Fsp3) is 0.286. The van der Waals surface area contributed by atoms with E-state index in [1.807, 2.05) is 12.1 Å². The van der Waals surface area contributed by atoms with Crippen molar-refractivity contribution in [2.24, 2.45) is 0 Å². The molecule has 0 aliphatic carbocycles. The van der Waals surface area contributed by atoms with Crippen LogP contribution in [0.25, 0.3) is 0 Å². The Labute approximate surface area is 169 Å². The molecule has 3 aromatic rings. The lowest BCUT2D eigenvalue weighted by molar-refractivity contribution is 0.0942. The van der Waals surface area contributed by atoms with Gasteiger partial charge in [-0.3, -0.25) is 4.79 Å². The van der Waals surface area contributed by atoms with Crippen molar-refractivity contribution in [3.05, 3.63) is 66.2 Å². The van der Waals surface area contributed by atoms with E-state index in [0.29, 0.717) is 18.1 Å². The summed E-state index contributed by atoms with van der Waals surface area (Å²) in [6.45, 7) is 4.55. The van der Waals surface area contributed by atoms with E-state index < -0.39 is 0 Å². The highest BCUT2D eigenvalue weighted by atomic mass is 16.3. The highest BCUT2D eigenvalue weighted by molar-refractivity contribution is 5.92. The third-order valence-electron chi connectivity index (χ3n) is 4.91. The van der Waals surface area contributed by atoms with Gasteiger partial charge < -0.3 is 24.9 Å². The van der Waals surface area contributed by atoms with Gasteiger partial charge in [-0.1, -0.05) is 0 Å². The first kappa shape index (κ1) is 18.9. The number of carbonyl (C=O) groups excluding carboxylic acids is 1. The van der Waals surface area contributed by atoms with Gasteiger partial charge in [-0.15, -0.1) is 10.2 Å². The zero-order valence-electron chi connectivity index (χ0n) is 16.3. The number of benzene rings is 1. The summed E-state index contributed by atoms with van der Waals surface area (Å²) in [6, 6.07) is 15.2. The summed E-state index contributed by atoms with van der Waals surface area (Å²) < 4.78 is 5.19. The maximum atomic E-state index is 12.1. The molecule has 29 heavy (non-hydrogen) atoms. The maximum Gasteiger partial charge on any atom is 0.272 e. The molecule has 0 atom stereocenters. The van der Waals surface area contributed by atoms with Crippen molar-refractivity contribution in [1.29, 1.82) is 0 Å². The number of anilines is 3. The summed E-state index contributed by atoms with van der Waals surface area (Å²) in [5.41, 5.74) is 2.40. The number of carbonyl (C=O) groups is 1. The molecule has 1 aromatic carbocycles. The van der Waals surface area contributed by atoms with Gasteiger partial charge in [0.25, 0.3) is 5.91 Å². The fourth-order valence-electron chi connectivity index (χ4n) is 3.16. The molecule has 2 aromatic heterocycles. The van der Waals surface area contributed by atoms with Crippen LogP contribution < -0.4 is 15.5 Å². The number of hydrogen-bond acceptors (Lipinski definition) is 7. The molecule has 4 rings (SSSR count). The van der Waals surface area contributed by atoms with Crippen LogP contribution in [0.2, 0.25) is 0 Å². The van der Waals surface area contributed by atoms with Gasteiger partial charge in [0.15, 0.2) is 11.5 Å². The van der Waals surface area contributed by atoms with Gasteiger partial charge in [-0.05, 0) is 55.6 Å². The molecule has 1 aliphatic heterocycles. The number of nitrogens with one attached hydrogen (secondary N) is 2. The number of piperazine rings is 1. The highest BCUT2D eigenvalue weighted by Crippen LogP contribution is 2.21. The molecule has 8 heteroatoms. The van der Waals surface area contributed by atoms with Crippen LogP contribution >= 0.6 is 0 Å². The van der Waals surface area contributed by atoms with Crippen molar-refractivity contribution in [3.63, 3.8) is 0 Å². The molecule has 1 aliphatic rings. The summed E-state index contributed by atoms with van der Waals surface area (Å²) in [5, 5.41) is 14.1. The van der Waals surface area contributed by atoms with Gasteiger partial charge in [-0.25, -0.2) is 0 Å². The molecule has 0 spiro atoms.